The lowest BCUT2D eigenvalue weighted by atomic mass is 9.82. The van der Waals surface area contributed by atoms with Crippen molar-refractivity contribution < 1.29 is 29.2 Å². The molecule has 3 aromatic rings. The van der Waals surface area contributed by atoms with E-state index in [9.17, 15) is 15.0 Å². The van der Waals surface area contributed by atoms with Crippen LogP contribution in [0.25, 0.3) is 5.57 Å². The number of hydrogen-bond acceptors (Lipinski definition) is 11. The highest BCUT2D eigenvalue weighted by Gasteiger charge is 2.46. The Balaban J connectivity index is 1.32. The summed E-state index contributed by atoms with van der Waals surface area (Å²) in [7, 11) is 3.13. The lowest BCUT2D eigenvalue weighted by molar-refractivity contribution is -0.0281. The third-order valence-electron chi connectivity index (χ3n) is 9.38. The summed E-state index contributed by atoms with van der Waals surface area (Å²) < 4.78 is 16.6. The summed E-state index contributed by atoms with van der Waals surface area (Å²) >= 11 is 14.0. The molecule has 1 aliphatic carbocycles. The number of aliphatic hydroxyl groups excluding tert-OH is 2. The lowest BCUT2D eigenvalue weighted by Crippen LogP contribution is -2.53. The van der Waals surface area contributed by atoms with Gasteiger partial charge >= 0.3 is 0 Å². The smallest absolute Gasteiger partial charge is 0.270 e. The van der Waals surface area contributed by atoms with E-state index in [1.165, 1.54) is 7.11 Å². The first-order valence-corrected chi connectivity index (χ1v) is 17.4. The molecule has 0 saturated carbocycles. The fraction of sp³-hybridized carbons (Fsp3) is 0.444. The van der Waals surface area contributed by atoms with Crippen LogP contribution in [0.5, 0.6) is 5.88 Å². The maximum absolute atomic E-state index is 14.2. The van der Waals surface area contributed by atoms with E-state index < -0.39 is 22.9 Å². The van der Waals surface area contributed by atoms with Crippen molar-refractivity contribution in [3.05, 3.63) is 99.7 Å². The van der Waals surface area contributed by atoms with Crippen LogP contribution >= 0.6 is 23.2 Å². The molecule has 4 N–H and O–H groups in total. The van der Waals surface area contributed by atoms with E-state index in [-0.39, 0.29) is 43.3 Å². The molecule has 3 aliphatic rings. The van der Waals surface area contributed by atoms with Crippen molar-refractivity contribution in [2.24, 2.45) is 5.92 Å². The molecule has 6 rings (SSSR count). The monoisotopic (exact) mass is 724 g/mol. The van der Waals surface area contributed by atoms with Gasteiger partial charge in [-0.2, -0.15) is 4.98 Å². The minimum atomic E-state index is -1.44. The Kier molecular flexibility index (Phi) is 11.8. The van der Waals surface area contributed by atoms with Gasteiger partial charge in [0.2, 0.25) is 5.88 Å². The van der Waals surface area contributed by atoms with Gasteiger partial charge in [-0.1, -0.05) is 42.0 Å². The molecule has 2 saturated heterocycles. The molecule has 1 amide bonds. The number of hydrogen-bond donors (Lipinski definition) is 4. The number of allylic oxidation sites excluding steroid dienone is 2. The van der Waals surface area contributed by atoms with Crippen LogP contribution < -0.4 is 15.4 Å². The van der Waals surface area contributed by atoms with Crippen molar-refractivity contribution in [1.82, 2.24) is 30.5 Å². The van der Waals surface area contributed by atoms with Crippen LogP contribution in [0.4, 0.5) is 0 Å². The second kappa shape index (κ2) is 16.3. The van der Waals surface area contributed by atoms with E-state index in [2.05, 4.69) is 20.5 Å². The molecule has 266 valence electrons. The topological polar surface area (TPSA) is 151 Å². The molecule has 1 aromatic carbocycles. The predicted molar refractivity (Wildman–Crippen MR) is 189 cm³/mol. The molecular formula is C36H42Cl2N6O6. The molecule has 2 fully saturated rings. The van der Waals surface area contributed by atoms with Gasteiger partial charge < -0.3 is 35.1 Å². The van der Waals surface area contributed by atoms with Crippen molar-refractivity contribution in [2.45, 2.75) is 49.2 Å². The van der Waals surface area contributed by atoms with Gasteiger partial charge in [0.1, 0.15) is 11.2 Å². The molecule has 0 bridgehead atoms. The Morgan fingerprint density at radius 1 is 1.16 bits per heavy atom. The second-order valence-corrected chi connectivity index (χ2v) is 13.7. The molecule has 2 aliphatic heterocycles. The molecular weight excluding hydrogens is 683 g/mol. The Bertz CT molecular complexity index is 1740. The van der Waals surface area contributed by atoms with E-state index in [1.807, 2.05) is 24.3 Å². The molecule has 2 aromatic heterocycles. The highest BCUT2D eigenvalue weighted by molar-refractivity contribution is 6.34. The molecule has 2 unspecified atom stereocenters. The van der Waals surface area contributed by atoms with Gasteiger partial charge in [-0.05, 0) is 46.9 Å². The standard InChI is InChI=1S/C36H42Cl2N6O6/c1-48-20-23-12-30(40-14-24(23)13-39-29-9-11-50-21-31(29)46)33(47)43-36(10-5-7-27(32(36)38)26-6-3-4-8-28(26)37)35-41-15-25(34(42-35)49-2)18-44-16-22(17-44)19-45/h3-8,10,12,14-15,22,29,31-32,39,45-46H,9,11,13,16-21H2,1-2H3,(H,43,47)/t29-,31-,32?,36?/m1/s1. The van der Waals surface area contributed by atoms with Crippen molar-refractivity contribution in [1.29, 1.82) is 0 Å². The molecule has 0 radical (unpaired) electrons. The highest BCUT2D eigenvalue weighted by atomic mass is 35.5. The fourth-order valence-electron chi connectivity index (χ4n) is 6.58. The minimum absolute atomic E-state index is 0.118. The Morgan fingerprint density at radius 2 is 1.96 bits per heavy atom. The van der Waals surface area contributed by atoms with Gasteiger partial charge in [0, 0.05) is 81.4 Å². The second-order valence-electron chi connectivity index (χ2n) is 12.8. The van der Waals surface area contributed by atoms with Crippen molar-refractivity contribution in [2.75, 3.05) is 47.1 Å². The number of nitrogens with zero attached hydrogens (tertiary/aromatic N) is 4. The number of halogens is 2. The van der Waals surface area contributed by atoms with Crippen molar-refractivity contribution in [3.63, 3.8) is 0 Å². The minimum Gasteiger partial charge on any atom is -0.481 e. The number of rotatable bonds is 13. The quantitative estimate of drug-likeness (QED) is 0.193. The van der Waals surface area contributed by atoms with E-state index >= 15 is 0 Å². The number of pyridine rings is 1. The van der Waals surface area contributed by atoms with Crippen LogP contribution in [0.1, 0.15) is 45.0 Å². The third kappa shape index (κ3) is 7.73. The average Bonchev–Trinajstić information content (AvgIpc) is 3.11. The van der Waals surface area contributed by atoms with Gasteiger partial charge in [0.15, 0.2) is 5.82 Å². The summed E-state index contributed by atoms with van der Waals surface area (Å²) in [6.45, 7) is 3.76. The summed E-state index contributed by atoms with van der Waals surface area (Å²) in [4.78, 5) is 30.5. The van der Waals surface area contributed by atoms with Crippen LogP contribution in [0.3, 0.4) is 0 Å². The molecule has 4 atom stereocenters. The number of carbonyl (C=O) groups is 1. The number of methoxy groups -OCH3 is 2. The maximum atomic E-state index is 14.2. The largest absolute Gasteiger partial charge is 0.481 e. The summed E-state index contributed by atoms with van der Waals surface area (Å²) in [5.41, 5.74) is 2.48. The highest BCUT2D eigenvalue weighted by Crippen LogP contribution is 2.42. The van der Waals surface area contributed by atoms with Crippen LogP contribution in [0.2, 0.25) is 5.02 Å². The molecule has 14 heteroatoms. The molecule has 0 spiro atoms. The first-order chi connectivity index (χ1) is 24.3. The third-order valence-corrected chi connectivity index (χ3v) is 10.3. The van der Waals surface area contributed by atoms with Gasteiger partial charge in [-0.15, -0.1) is 11.6 Å². The zero-order valence-corrected chi connectivity index (χ0v) is 29.5. The summed E-state index contributed by atoms with van der Waals surface area (Å²) in [5.74, 6) is 0.335. The first-order valence-electron chi connectivity index (χ1n) is 16.6. The van der Waals surface area contributed by atoms with Crippen LogP contribution in [-0.4, -0.2) is 101 Å². The number of aromatic nitrogens is 3. The normalized spacial score (nSPS) is 24.0. The van der Waals surface area contributed by atoms with E-state index in [0.29, 0.717) is 48.2 Å². The molecule has 4 heterocycles. The Morgan fingerprint density at radius 3 is 2.70 bits per heavy atom. The van der Waals surface area contributed by atoms with Crippen LogP contribution in [0.15, 0.2) is 61.0 Å². The van der Waals surface area contributed by atoms with Gasteiger partial charge in [-0.3, -0.25) is 14.7 Å². The first kappa shape index (κ1) is 36.3. The fourth-order valence-corrected chi connectivity index (χ4v) is 7.24. The molecule has 12 nitrogen and oxygen atoms in total. The van der Waals surface area contributed by atoms with E-state index in [0.717, 1.165) is 29.8 Å². The van der Waals surface area contributed by atoms with Crippen molar-refractivity contribution >= 4 is 34.7 Å². The maximum Gasteiger partial charge on any atom is 0.270 e. The Hall–Kier alpha value is -3.46. The van der Waals surface area contributed by atoms with Gasteiger partial charge in [-0.25, -0.2) is 4.98 Å². The van der Waals surface area contributed by atoms with E-state index in [1.54, 1.807) is 43.8 Å². The number of likely N-dealkylation sites (tertiary alicyclic amines) is 1. The van der Waals surface area contributed by atoms with Gasteiger partial charge in [0.25, 0.3) is 5.91 Å². The zero-order chi connectivity index (χ0) is 35.3. The summed E-state index contributed by atoms with van der Waals surface area (Å²) in [5, 5.41) is 25.9. The van der Waals surface area contributed by atoms with Crippen molar-refractivity contribution in [3.8, 4) is 5.88 Å². The van der Waals surface area contributed by atoms with Gasteiger partial charge in [0.05, 0.1) is 31.8 Å². The number of alkyl halides is 1. The average molecular weight is 726 g/mol. The number of nitrogens with one attached hydrogen (secondary N) is 2. The van der Waals surface area contributed by atoms with E-state index in [4.69, 9.17) is 47.4 Å². The number of aliphatic hydroxyl groups is 2. The number of carbonyl (C=O) groups excluding carboxylic acids is 1. The number of ether oxygens (including phenoxy) is 3. The van der Waals surface area contributed by atoms with Crippen LogP contribution in [-0.2, 0) is 34.7 Å². The molecule has 50 heavy (non-hydrogen) atoms. The zero-order valence-electron chi connectivity index (χ0n) is 28.0. The summed E-state index contributed by atoms with van der Waals surface area (Å²) in [6.07, 6.45) is 8.85. The Labute approximate surface area is 301 Å². The predicted octanol–water partition coefficient (Wildman–Crippen LogP) is 3.23. The van der Waals surface area contributed by atoms with Crippen LogP contribution in [0, 0.1) is 5.92 Å². The summed E-state index contributed by atoms with van der Waals surface area (Å²) in [6, 6.07) is 8.94. The lowest BCUT2D eigenvalue weighted by Gasteiger charge is -2.39. The SMILES string of the molecule is COCc1cc(C(=O)NC2(c3ncc(CN4CC(CO)C4)c(OC)n3)C=CC=C(c3ccccc3Cl)C2Cl)ncc1CN[C@@H]1CCOC[C@H]1O. The number of amides is 1. The number of benzene rings is 1.